The molecule has 28 heavy (non-hydrogen) atoms. The van der Waals surface area contributed by atoms with Crippen molar-refractivity contribution in [3.63, 3.8) is 0 Å². The van der Waals surface area contributed by atoms with E-state index >= 15 is 0 Å². The number of carbonyl (C=O) groups excluding carboxylic acids is 1. The van der Waals surface area contributed by atoms with E-state index in [-0.39, 0.29) is 0 Å². The summed E-state index contributed by atoms with van der Waals surface area (Å²) < 4.78 is 5.26. The molecule has 2 heterocycles. The molecule has 152 valence electrons. The lowest BCUT2D eigenvalue weighted by molar-refractivity contribution is -0.136. The first-order valence-electron chi connectivity index (χ1n) is 11.2. The fourth-order valence-electron chi connectivity index (χ4n) is 6.02. The topological polar surface area (TPSA) is 32.8 Å². The Morgan fingerprint density at radius 2 is 1.68 bits per heavy atom. The normalized spacial score (nSPS) is 29.7. The van der Waals surface area contributed by atoms with Gasteiger partial charge in [0, 0.05) is 37.5 Å². The third kappa shape index (κ3) is 3.56. The smallest absolute Gasteiger partial charge is 0.225 e. The standard InChI is InChI=1S/C24H34N2O2/c1-28-21-4-2-19(3-5-21)16-25-14-12-24(17-25)13-15-26(18-24)22(27)20-6-8-23(9-7-20)10-11-23/h2-5,20H,6-18H2,1H3. The van der Waals surface area contributed by atoms with Gasteiger partial charge in [0.05, 0.1) is 7.11 Å². The number of nitrogens with zero attached hydrogens (tertiary/aromatic N) is 2. The number of carbonyl (C=O) groups is 1. The molecule has 4 fully saturated rings. The van der Waals surface area contributed by atoms with E-state index in [1.807, 2.05) is 12.1 Å². The van der Waals surface area contributed by atoms with Crippen LogP contribution < -0.4 is 4.74 Å². The number of hydrogen-bond donors (Lipinski definition) is 0. The molecule has 4 aliphatic rings. The second-order valence-corrected chi connectivity index (χ2v) is 10.1. The quantitative estimate of drug-likeness (QED) is 0.786. The second-order valence-electron chi connectivity index (χ2n) is 10.1. The van der Waals surface area contributed by atoms with Gasteiger partial charge in [-0.2, -0.15) is 0 Å². The number of amides is 1. The van der Waals surface area contributed by atoms with Gasteiger partial charge in [-0.15, -0.1) is 0 Å². The van der Waals surface area contributed by atoms with E-state index in [4.69, 9.17) is 4.74 Å². The number of methoxy groups -OCH3 is 1. The maximum atomic E-state index is 13.1. The summed E-state index contributed by atoms with van der Waals surface area (Å²) in [4.78, 5) is 17.9. The summed E-state index contributed by atoms with van der Waals surface area (Å²) in [5.41, 5.74) is 2.37. The van der Waals surface area contributed by atoms with Gasteiger partial charge >= 0.3 is 0 Å². The lowest BCUT2D eigenvalue weighted by atomic mass is 9.79. The molecule has 0 bridgehead atoms. The third-order valence-corrected chi connectivity index (χ3v) is 8.19. The molecule has 4 heteroatoms. The van der Waals surface area contributed by atoms with E-state index in [1.165, 1.54) is 44.1 Å². The largest absolute Gasteiger partial charge is 0.497 e. The molecule has 2 saturated carbocycles. The van der Waals surface area contributed by atoms with Gasteiger partial charge in [0.1, 0.15) is 5.75 Å². The van der Waals surface area contributed by atoms with Gasteiger partial charge in [0.15, 0.2) is 0 Å². The minimum absolute atomic E-state index is 0.318. The lowest BCUT2D eigenvalue weighted by Crippen LogP contribution is -2.38. The Morgan fingerprint density at radius 3 is 2.36 bits per heavy atom. The molecule has 4 nitrogen and oxygen atoms in total. The van der Waals surface area contributed by atoms with Crippen molar-refractivity contribution < 1.29 is 9.53 Å². The molecular formula is C24H34N2O2. The number of hydrogen-bond acceptors (Lipinski definition) is 3. The van der Waals surface area contributed by atoms with Crippen LogP contribution in [0.15, 0.2) is 24.3 Å². The fourth-order valence-corrected chi connectivity index (χ4v) is 6.02. The van der Waals surface area contributed by atoms with Crippen LogP contribution in [-0.2, 0) is 11.3 Å². The van der Waals surface area contributed by atoms with Gasteiger partial charge < -0.3 is 9.64 Å². The van der Waals surface area contributed by atoms with Crippen LogP contribution in [0, 0.1) is 16.7 Å². The highest BCUT2D eigenvalue weighted by Crippen LogP contribution is 2.57. The van der Waals surface area contributed by atoms with Crippen LogP contribution in [0.1, 0.15) is 56.9 Å². The molecule has 2 saturated heterocycles. The van der Waals surface area contributed by atoms with Crippen molar-refractivity contribution in [1.82, 2.24) is 9.80 Å². The van der Waals surface area contributed by atoms with Crippen LogP contribution in [0.5, 0.6) is 5.75 Å². The van der Waals surface area contributed by atoms with Crippen LogP contribution in [0.3, 0.4) is 0 Å². The number of ether oxygens (including phenoxy) is 1. The monoisotopic (exact) mass is 382 g/mol. The Labute approximate surface area is 169 Å². The Balaban J connectivity index is 1.14. The van der Waals surface area contributed by atoms with Crippen LogP contribution >= 0.6 is 0 Å². The van der Waals surface area contributed by atoms with Crippen molar-refractivity contribution in [3.05, 3.63) is 29.8 Å². The van der Waals surface area contributed by atoms with Gasteiger partial charge in [-0.05, 0) is 81.0 Å². The molecule has 1 aromatic carbocycles. The van der Waals surface area contributed by atoms with Crippen molar-refractivity contribution in [3.8, 4) is 5.75 Å². The maximum absolute atomic E-state index is 13.1. The van der Waals surface area contributed by atoms with E-state index in [0.717, 1.165) is 51.3 Å². The van der Waals surface area contributed by atoms with Crippen molar-refractivity contribution in [2.45, 2.75) is 57.9 Å². The first-order chi connectivity index (χ1) is 13.6. The average molecular weight is 383 g/mol. The predicted octanol–water partition coefficient (Wildman–Crippen LogP) is 4.09. The van der Waals surface area contributed by atoms with Gasteiger partial charge in [-0.1, -0.05) is 12.1 Å². The molecule has 0 N–H and O–H groups in total. The minimum atomic E-state index is 0.318. The summed E-state index contributed by atoms with van der Waals surface area (Å²) in [6.07, 6.45) is 10.2. The first-order valence-corrected chi connectivity index (χ1v) is 11.2. The minimum Gasteiger partial charge on any atom is -0.497 e. The summed E-state index contributed by atoms with van der Waals surface area (Å²) in [5.74, 6) is 1.71. The molecule has 2 spiro atoms. The molecule has 1 amide bonds. The highest BCUT2D eigenvalue weighted by Gasteiger charge is 2.49. The predicted molar refractivity (Wildman–Crippen MR) is 110 cm³/mol. The molecule has 1 unspecified atom stereocenters. The molecule has 0 radical (unpaired) electrons. The molecule has 5 rings (SSSR count). The zero-order valence-electron chi connectivity index (χ0n) is 17.3. The van der Waals surface area contributed by atoms with Gasteiger partial charge in [-0.3, -0.25) is 9.69 Å². The Kier molecular flexibility index (Phi) is 4.65. The number of benzene rings is 1. The van der Waals surface area contributed by atoms with Crippen molar-refractivity contribution >= 4 is 5.91 Å². The van der Waals surface area contributed by atoms with Gasteiger partial charge in [0.25, 0.3) is 0 Å². The third-order valence-electron chi connectivity index (χ3n) is 8.19. The van der Waals surface area contributed by atoms with E-state index in [2.05, 4.69) is 21.9 Å². The Hall–Kier alpha value is -1.55. The molecule has 2 aliphatic heterocycles. The molecule has 1 atom stereocenters. The van der Waals surface area contributed by atoms with Crippen LogP contribution in [0.25, 0.3) is 0 Å². The van der Waals surface area contributed by atoms with Gasteiger partial charge in [0.2, 0.25) is 5.91 Å². The second kappa shape index (κ2) is 7.05. The molecule has 0 aromatic heterocycles. The highest BCUT2D eigenvalue weighted by molar-refractivity contribution is 5.79. The van der Waals surface area contributed by atoms with Crippen LogP contribution in [0.2, 0.25) is 0 Å². The summed E-state index contributed by atoms with van der Waals surface area (Å²) in [7, 11) is 1.71. The fraction of sp³-hybridized carbons (Fsp3) is 0.708. The molecule has 1 aromatic rings. The van der Waals surface area contributed by atoms with Crippen molar-refractivity contribution in [2.75, 3.05) is 33.3 Å². The molecule has 2 aliphatic carbocycles. The summed E-state index contributed by atoms with van der Waals surface area (Å²) in [5, 5.41) is 0. The number of rotatable bonds is 4. The van der Waals surface area contributed by atoms with E-state index in [1.54, 1.807) is 7.11 Å². The van der Waals surface area contributed by atoms with Gasteiger partial charge in [-0.25, -0.2) is 0 Å². The van der Waals surface area contributed by atoms with Crippen molar-refractivity contribution in [2.24, 2.45) is 16.7 Å². The van der Waals surface area contributed by atoms with E-state index in [0.29, 0.717) is 22.7 Å². The summed E-state index contributed by atoms with van der Waals surface area (Å²) in [6, 6.07) is 8.44. The Bertz CT molecular complexity index is 717. The maximum Gasteiger partial charge on any atom is 0.225 e. The van der Waals surface area contributed by atoms with Crippen LogP contribution in [-0.4, -0.2) is 49.0 Å². The highest BCUT2D eigenvalue weighted by atomic mass is 16.5. The first kappa shape index (κ1) is 18.5. The SMILES string of the molecule is COc1ccc(CN2CCC3(CCN(C(=O)C4CCC5(CC4)CC5)C3)C2)cc1. The van der Waals surface area contributed by atoms with E-state index in [9.17, 15) is 4.79 Å². The lowest BCUT2D eigenvalue weighted by Gasteiger charge is -2.31. The van der Waals surface area contributed by atoms with Crippen molar-refractivity contribution in [1.29, 1.82) is 0 Å². The number of likely N-dealkylation sites (tertiary alicyclic amines) is 2. The summed E-state index contributed by atoms with van der Waals surface area (Å²) in [6.45, 7) is 5.27. The molecular weight excluding hydrogens is 348 g/mol. The Morgan fingerprint density at radius 1 is 0.964 bits per heavy atom. The zero-order chi connectivity index (χ0) is 19.2. The van der Waals surface area contributed by atoms with Crippen LogP contribution in [0.4, 0.5) is 0 Å². The zero-order valence-corrected chi connectivity index (χ0v) is 17.3. The summed E-state index contributed by atoms with van der Waals surface area (Å²) >= 11 is 0. The average Bonchev–Trinajstić information content (AvgIpc) is 3.17. The van der Waals surface area contributed by atoms with E-state index < -0.39 is 0 Å².